The molecule has 1 aliphatic heterocycles. The van der Waals surface area contributed by atoms with Gasteiger partial charge in [-0.25, -0.2) is 18.3 Å². The molecular formula is C21H23FN2O6S. The number of ether oxygens (including phenoxy) is 1. The van der Waals surface area contributed by atoms with E-state index in [9.17, 15) is 17.6 Å². The summed E-state index contributed by atoms with van der Waals surface area (Å²) in [5.74, 6) is -0.792. The van der Waals surface area contributed by atoms with E-state index in [1.807, 2.05) is 13.0 Å². The van der Waals surface area contributed by atoms with Crippen molar-refractivity contribution in [1.29, 1.82) is 0 Å². The highest BCUT2D eigenvalue weighted by atomic mass is 32.2. The van der Waals surface area contributed by atoms with Crippen LogP contribution in [0.25, 0.3) is 11.1 Å². The summed E-state index contributed by atoms with van der Waals surface area (Å²) in [5, 5.41) is 11.2. The summed E-state index contributed by atoms with van der Waals surface area (Å²) < 4.78 is 43.7. The lowest BCUT2D eigenvalue weighted by molar-refractivity contribution is -0.129. The van der Waals surface area contributed by atoms with Gasteiger partial charge in [0.05, 0.1) is 12.8 Å². The predicted molar refractivity (Wildman–Crippen MR) is 112 cm³/mol. The Kier molecular flexibility index (Phi) is 6.61. The van der Waals surface area contributed by atoms with Crippen molar-refractivity contribution in [3.05, 3.63) is 53.3 Å². The summed E-state index contributed by atoms with van der Waals surface area (Å²) in [5.41, 5.74) is 4.33. The fourth-order valence-corrected chi connectivity index (χ4v) is 4.50. The summed E-state index contributed by atoms with van der Waals surface area (Å²) in [7, 11) is -2.20. The first-order valence-corrected chi connectivity index (χ1v) is 11.4. The standard InChI is InChI=1S/C21H23FN2O6S/c1-12-8-14(29-2)5-7-16(12)17-6-4-13(9-18(17)22)19-10-15(30-24-19)11-20(21(25)23-26)31(3,27)28/h4-9,15,20,26H,10-11H2,1-3H3,(H,23,25)/t15-,20?/m1/s1. The number of hydrogen-bond acceptors (Lipinski definition) is 7. The summed E-state index contributed by atoms with van der Waals surface area (Å²) in [6.07, 6.45) is 0.215. The molecule has 0 aromatic heterocycles. The van der Waals surface area contributed by atoms with E-state index in [1.54, 1.807) is 31.4 Å². The Morgan fingerprint density at radius 1 is 1.32 bits per heavy atom. The van der Waals surface area contributed by atoms with E-state index in [0.717, 1.165) is 17.4 Å². The van der Waals surface area contributed by atoms with Crippen LogP contribution in [0, 0.1) is 12.7 Å². The van der Waals surface area contributed by atoms with Crippen molar-refractivity contribution in [3.63, 3.8) is 0 Å². The van der Waals surface area contributed by atoms with E-state index in [2.05, 4.69) is 5.16 Å². The normalized spacial score (nSPS) is 16.9. The fraction of sp³-hybridized carbons (Fsp3) is 0.333. The summed E-state index contributed by atoms with van der Waals surface area (Å²) in [6, 6.07) is 10.1. The molecule has 3 rings (SSSR count). The van der Waals surface area contributed by atoms with Crippen LogP contribution in [0.3, 0.4) is 0 Å². The van der Waals surface area contributed by atoms with Crippen molar-refractivity contribution < 1.29 is 32.4 Å². The third kappa shape index (κ3) is 5.02. The number of carbonyl (C=O) groups is 1. The first kappa shape index (κ1) is 22.7. The highest BCUT2D eigenvalue weighted by molar-refractivity contribution is 7.92. The Labute approximate surface area is 179 Å². The smallest absolute Gasteiger partial charge is 0.261 e. The summed E-state index contributed by atoms with van der Waals surface area (Å²) in [4.78, 5) is 17.0. The van der Waals surface area contributed by atoms with Gasteiger partial charge in [0.1, 0.15) is 22.9 Å². The van der Waals surface area contributed by atoms with Crippen molar-refractivity contribution >= 4 is 21.5 Å². The molecule has 2 aromatic carbocycles. The Hall–Kier alpha value is -2.98. The highest BCUT2D eigenvalue weighted by Crippen LogP contribution is 2.31. The van der Waals surface area contributed by atoms with Crippen LogP contribution in [0.4, 0.5) is 4.39 Å². The molecule has 1 aliphatic rings. The fourth-order valence-electron chi connectivity index (χ4n) is 3.49. The molecule has 0 aliphatic carbocycles. The summed E-state index contributed by atoms with van der Waals surface area (Å²) in [6.45, 7) is 1.87. The van der Waals surface area contributed by atoms with E-state index >= 15 is 0 Å². The molecule has 0 spiro atoms. The molecule has 8 nitrogen and oxygen atoms in total. The zero-order chi connectivity index (χ0) is 22.8. The number of aryl methyl sites for hydroxylation is 1. The number of oxime groups is 1. The van der Waals surface area contributed by atoms with E-state index < -0.39 is 32.9 Å². The van der Waals surface area contributed by atoms with Gasteiger partial charge in [-0.15, -0.1) is 0 Å². The number of benzene rings is 2. The maximum atomic E-state index is 14.9. The molecule has 2 aromatic rings. The molecule has 31 heavy (non-hydrogen) atoms. The molecule has 0 radical (unpaired) electrons. The van der Waals surface area contributed by atoms with Gasteiger partial charge < -0.3 is 9.57 Å². The van der Waals surface area contributed by atoms with Crippen molar-refractivity contribution in [2.24, 2.45) is 5.16 Å². The van der Waals surface area contributed by atoms with Gasteiger partial charge in [0, 0.05) is 30.2 Å². The van der Waals surface area contributed by atoms with Gasteiger partial charge in [-0.1, -0.05) is 23.4 Å². The zero-order valence-electron chi connectivity index (χ0n) is 17.3. The van der Waals surface area contributed by atoms with Crippen molar-refractivity contribution in [1.82, 2.24) is 5.48 Å². The monoisotopic (exact) mass is 450 g/mol. The average Bonchev–Trinajstić information content (AvgIpc) is 3.19. The van der Waals surface area contributed by atoms with Crippen LogP contribution in [0.1, 0.15) is 24.0 Å². The quantitative estimate of drug-likeness (QED) is 0.495. The second kappa shape index (κ2) is 9.03. The zero-order valence-corrected chi connectivity index (χ0v) is 18.1. The lowest BCUT2D eigenvalue weighted by Gasteiger charge is -2.16. The van der Waals surface area contributed by atoms with Crippen molar-refractivity contribution in [2.45, 2.75) is 31.1 Å². The minimum absolute atomic E-state index is 0.191. The highest BCUT2D eigenvalue weighted by Gasteiger charge is 2.35. The minimum atomic E-state index is -3.77. The van der Waals surface area contributed by atoms with Crippen LogP contribution in [-0.4, -0.2) is 50.0 Å². The Bertz CT molecular complexity index is 1130. The van der Waals surface area contributed by atoms with Crippen LogP contribution >= 0.6 is 0 Å². The van der Waals surface area contributed by atoms with E-state index in [0.29, 0.717) is 22.6 Å². The molecule has 2 N–H and O–H groups in total. The second-order valence-electron chi connectivity index (χ2n) is 7.37. The number of nitrogens with one attached hydrogen (secondary N) is 1. The molecular weight excluding hydrogens is 427 g/mol. The Balaban J connectivity index is 1.76. The molecule has 10 heteroatoms. The number of nitrogens with zero attached hydrogens (tertiary/aromatic N) is 1. The number of amides is 1. The average molecular weight is 450 g/mol. The number of hydrogen-bond donors (Lipinski definition) is 2. The van der Waals surface area contributed by atoms with Crippen LogP contribution in [0.15, 0.2) is 41.6 Å². The molecule has 0 saturated carbocycles. The van der Waals surface area contributed by atoms with E-state index in [4.69, 9.17) is 14.8 Å². The second-order valence-corrected chi connectivity index (χ2v) is 9.60. The molecule has 0 saturated heterocycles. The first-order valence-electron chi connectivity index (χ1n) is 9.44. The number of carbonyl (C=O) groups excluding carboxylic acids is 1. The predicted octanol–water partition coefficient (Wildman–Crippen LogP) is 2.61. The van der Waals surface area contributed by atoms with Gasteiger partial charge in [0.15, 0.2) is 9.84 Å². The van der Waals surface area contributed by atoms with Gasteiger partial charge in [-0.2, -0.15) is 0 Å². The van der Waals surface area contributed by atoms with Gasteiger partial charge in [-0.3, -0.25) is 10.0 Å². The van der Waals surface area contributed by atoms with Gasteiger partial charge >= 0.3 is 0 Å². The van der Waals surface area contributed by atoms with Crippen molar-refractivity contribution in [3.8, 4) is 16.9 Å². The van der Waals surface area contributed by atoms with Crippen LogP contribution in [0.5, 0.6) is 5.75 Å². The van der Waals surface area contributed by atoms with Gasteiger partial charge in [0.25, 0.3) is 5.91 Å². The van der Waals surface area contributed by atoms with Gasteiger partial charge in [0.2, 0.25) is 0 Å². The lowest BCUT2D eigenvalue weighted by atomic mass is 9.96. The lowest BCUT2D eigenvalue weighted by Crippen LogP contribution is -2.40. The SMILES string of the molecule is COc1ccc(-c2ccc(C3=NO[C@@H](CC(C(=O)NO)S(C)(=O)=O)C3)cc2F)c(C)c1. The topological polar surface area (TPSA) is 114 Å². The number of halogens is 1. The third-order valence-electron chi connectivity index (χ3n) is 5.16. The molecule has 2 atom stereocenters. The van der Waals surface area contributed by atoms with E-state index in [1.165, 1.54) is 11.5 Å². The van der Waals surface area contributed by atoms with Crippen LogP contribution in [-0.2, 0) is 19.5 Å². The molecule has 0 bridgehead atoms. The number of sulfone groups is 1. The van der Waals surface area contributed by atoms with Crippen molar-refractivity contribution in [2.75, 3.05) is 13.4 Å². The number of hydroxylamine groups is 1. The molecule has 0 fully saturated rings. The first-order chi connectivity index (χ1) is 14.6. The maximum absolute atomic E-state index is 14.9. The largest absolute Gasteiger partial charge is 0.497 e. The van der Waals surface area contributed by atoms with Crippen LogP contribution < -0.4 is 10.2 Å². The molecule has 166 valence electrons. The molecule has 1 unspecified atom stereocenters. The van der Waals surface area contributed by atoms with Gasteiger partial charge in [-0.05, 0) is 36.2 Å². The Morgan fingerprint density at radius 2 is 2.03 bits per heavy atom. The Morgan fingerprint density at radius 3 is 2.61 bits per heavy atom. The summed E-state index contributed by atoms with van der Waals surface area (Å²) >= 11 is 0. The number of rotatable bonds is 7. The molecule has 1 heterocycles. The maximum Gasteiger partial charge on any atom is 0.261 e. The minimum Gasteiger partial charge on any atom is -0.497 e. The van der Waals surface area contributed by atoms with E-state index in [-0.39, 0.29) is 12.8 Å². The molecule has 1 amide bonds. The van der Waals surface area contributed by atoms with Crippen LogP contribution in [0.2, 0.25) is 0 Å². The number of methoxy groups -OCH3 is 1. The third-order valence-corrected chi connectivity index (χ3v) is 6.60.